The van der Waals surface area contributed by atoms with Crippen LogP contribution in [0.4, 0.5) is 30.2 Å². The molecule has 176 valence electrons. The van der Waals surface area contributed by atoms with Gasteiger partial charge in [-0.2, -0.15) is 13.2 Å². The van der Waals surface area contributed by atoms with E-state index in [0.717, 1.165) is 22.6 Å². The van der Waals surface area contributed by atoms with Gasteiger partial charge >= 0.3 is 6.18 Å². The van der Waals surface area contributed by atoms with Crippen LogP contribution >= 0.6 is 0 Å². The molecule has 2 saturated heterocycles. The highest BCUT2D eigenvalue weighted by Gasteiger charge is 2.41. The summed E-state index contributed by atoms with van der Waals surface area (Å²) in [6, 6.07) is 15.3. The first kappa shape index (κ1) is 22.9. The van der Waals surface area contributed by atoms with Crippen LogP contribution in [0.15, 0.2) is 48.5 Å². The van der Waals surface area contributed by atoms with Crippen LogP contribution in [-0.4, -0.2) is 37.6 Å². The average molecular weight is 461 g/mol. The molecular formula is C24H27F3N4O2. The van der Waals surface area contributed by atoms with Gasteiger partial charge in [0.1, 0.15) is 0 Å². The number of rotatable bonds is 6. The van der Waals surface area contributed by atoms with Gasteiger partial charge in [-0.05, 0) is 54.8 Å². The second-order valence-electron chi connectivity index (χ2n) is 8.59. The van der Waals surface area contributed by atoms with Crippen molar-refractivity contribution < 1.29 is 22.8 Å². The Labute approximate surface area is 190 Å². The molecule has 2 heterocycles. The number of carbonyl (C=O) groups excluding carboxylic acids is 2. The molecule has 4 rings (SSSR count). The number of carbonyl (C=O) groups is 2. The van der Waals surface area contributed by atoms with E-state index in [0.29, 0.717) is 26.2 Å². The molecule has 0 aliphatic carbocycles. The Morgan fingerprint density at radius 1 is 1.00 bits per heavy atom. The lowest BCUT2D eigenvalue weighted by molar-refractivity contribution is -0.179. The Balaban J connectivity index is 1.25. The van der Waals surface area contributed by atoms with E-state index in [1.54, 1.807) is 0 Å². The Kier molecular flexibility index (Phi) is 6.76. The number of benzene rings is 2. The molecule has 6 nitrogen and oxygen atoms in total. The first-order chi connectivity index (χ1) is 15.8. The largest absolute Gasteiger partial charge is 0.391 e. The van der Waals surface area contributed by atoms with Gasteiger partial charge in [-0.15, -0.1) is 0 Å². The van der Waals surface area contributed by atoms with E-state index in [1.165, 1.54) is 0 Å². The van der Waals surface area contributed by atoms with Gasteiger partial charge < -0.3 is 20.9 Å². The monoisotopic (exact) mass is 460 g/mol. The number of nitrogens with zero attached hydrogens (tertiary/aromatic N) is 1. The van der Waals surface area contributed by atoms with Crippen LogP contribution in [0.5, 0.6) is 0 Å². The van der Waals surface area contributed by atoms with Crippen molar-refractivity contribution in [3.63, 3.8) is 0 Å². The Bertz CT molecular complexity index is 969. The summed E-state index contributed by atoms with van der Waals surface area (Å²) in [4.78, 5) is 25.3. The molecule has 33 heavy (non-hydrogen) atoms. The lowest BCUT2D eigenvalue weighted by Gasteiger charge is -2.34. The van der Waals surface area contributed by atoms with Gasteiger partial charge in [0.2, 0.25) is 11.8 Å². The van der Waals surface area contributed by atoms with E-state index in [-0.39, 0.29) is 37.0 Å². The van der Waals surface area contributed by atoms with Gasteiger partial charge in [0.25, 0.3) is 0 Å². The molecule has 0 bridgehead atoms. The van der Waals surface area contributed by atoms with Crippen molar-refractivity contribution in [2.75, 3.05) is 29.9 Å². The highest BCUT2D eigenvalue weighted by atomic mass is 19.4. The van der Waals surface area contributed by atoms with Gasteiger partial charge in [0, 0.05) is 49.7 Å². The number of nitrogens with one attached hydrogen (secondary N) is 3. The van der Waals surface area contributed by atoms with Crippen molar-refractivity contribution in [1.82, 2.24) is 10.6 Å². The summed E-state index contributed by atoms with van der Waals surface area (Å²) in [5.74, 6) is -1.73. The first-order valence-electron chi connectivity index (χ1n) is 11.1. The van der Waals surface area contributed by atoms with Crippen molar-refractivity contribution in [3.05, 3.63) is 54.1 Å². The van der Waals surface area contributed by atoms with Crippen molar-refractivity contribution in [1.29, 1.82) is 0 Å². The predicted octanol–water partition coefficient (Wildman–Crippen LogP) is 3.96. The molecule has 0 unspecified atom stereocenters. The summed E-state index contributed by atoms with van der Waals surface area (Å²) in [6.45, 7) is 1.59. The molecular weight excluding hydrogens is 433 g/mol. The fraction of sp³-hybridized carbons (Fsp3) is 0.417. The van der Waals surface area contributed by atoms with Gasteiger partial charge in [-0.25, -0.2) is 0 Å². The number of alkyl halides is 3. The molecule has 2 aliphatic rings. The number of piperidine rings is 1. The van der Waals surface area contributed by atoms with Gasteiger partial charge in [0.15, 0.2) is 0 Å². The number of hydrogen-bond donors (Lipinski definition) is 3. The van der Waals surface area contributed by atoms with Crippen molar-refractivity contribution in [3.8, 4) is 0 Å². The van der Waals surface area contributed by atoms with Crippen LogP contribution in [-0.2, 0) is 16.1 Å². The zero-order valence-corrected chi connectivity index (χ0v) is 18.1. The van der Waals surface area contributed by atoms with Crippen LogP contribution in [0.3, 0.4) is 0 Å². The van der Waals surface area contributed by atoms with E-state index in [4.69, 9.17) is 0 Å². The van der Waals surface area contributed by atoms with E-state index in [9.17, 15) is 22.8 Å². The molecule has 2 aromatic rings. The van der Waals surface area contributed by atoms with E-state index >= 15 is 0 Å². The van der Waals surface area contributed by atoms with E-state index in [2.05, 4.69) is 16.0 Å². The average Bonchev–Trinajstić information content (AvgIpc) is 3.25. The van der Waals surface area contributed by atoms with Crippen molar-refractivity contribution >= 4 is 28.9 Å². The molecule has 0 spiro atoms. The van der Waals surface area contributed by atoms with Crippen LogP contribution < -0.4 is 20.9 Å². The zero-order valence-electron chi connectivity index (χ0n) is 18.1. The third-order valence-corrected chi connectivity index (χ3v) is 6.25. The molecule has 2 aliphatic heterocycles. The molecule has 1 atom stereocenters. The Morgan fingerprint density at radius 2 is 1.61 bits per heavy atom. The second-order valence-corrected chi connectivity index (χ2v) is 8.59. The summed E-state index contributed by atoms with van der Waals surface area (Å²) < 4.78 is 38.6. The second kappa shape index (κ2) is 9.72. The summed E-state index contributed by atoms with van der Waals surface area (Å²) in [5.41, 5.74) is 3.63. The van der Waals surface area contributed by atoms with E-state index < -0.39 is 12.1 Å². The third kappa shape index (κ3) is 5.97. The van der Waals surface area contributed by atoms with Crippen LogP contribution in [0, 0.1) is 11.8 Å². The fourth-order valence-corrected chi connectivity index (χ4v) is 4.22. The molecule has 2 aromatic carbocycles. The summed E-state index contributed by atoms with van der Waals surface area (Å²) in [6.07, 6.45) is -3.61. The molecule has 3 N–H and O–H groups in total. The molecule has 0 radical (unpaired) electrons. The maximum absolute atomic E-state index is 12.9. The zero-order chi connectivity index (χ0) is 23.4. The Morgan fingerprint density at radius 3 is 2.15 bits per heavy atom. The minimum atomic E-state index is -4.10. The minimum absolute atomic E-state index is 0.0929. The summed E-state index contributed by atoms with van der Waals surface area (Å²) >= 11 is 0. The van der Waals surface area contributed by atoms with Gasteiger partial charge in [0.05, 0.1) is 11.8 Å². The smallest absolute Gasteiger partial charge is 0.372 e. The maximum Gasteiger partial charge on any atom is 0.391 e. The number of anilines is 3. The minimum Gasteiger partial charge on any atom is -0.372 e. The van der Waals surface area contributed by atoms with Crippen LogP contribution in [0.1, 0.15) is 24.8 Å². The van der Waals surface area contributed by atoms with Gasteiger partial charge in [-0.1, -0.05) is 12.1 Å². The fourth-order valence-electron chi connectivity index (χ4n) is 4.22. The summed E-state index contributed by atoms with van der Waals surface area (Å²) in [7, 11) is 0. The molecule has 9 heteroatoms. The van der Waals surface area contributed by atoms with Gasteiger partial charge in [-0.3, -0.25) is 9.59 Å². The maximum atomic E-state index is 12.9. The normalized spacial score (nSPS) is 19.3. The molecule has 2 amide bonds. The number of hydrogen-bond acceptors (Lipinski definition) is 4. The van der Waals surface area contributed by atoms with Crippen molar-refractivity contribution in [2.24, 2.45) is 11.8 Å². The topological polar surface area (TPSA) is 73.5 Å². The molecule has 0 aromatic heterocycles. The first-order valence-corrected chi connectivity index (χ1v) is 11.1. The van der Waals surface area contributed by atoms with Crippen molar-refractivity contribution in [2.45, 2.75) is 32.0 Å². The number of amides is 2. The predicted molar refractivity (Wildman–Crippen MR) is 120 cm³/mol. The lowest BCUT2D eigenvalue weighted by Crippen LogP contribution is -2.38. The quantitative estimate of drug-likeness (QED) is 0.610. The lowest BCUT2D eigenvalue weighted by atomic mass is 9.96. The number of halogens is 3. The highest BCUT2D eigenvalue weighted by molar-refractivity contribution is 5.89. The van der Waals surface area contributed by atoms with E-state index in [1.807, 2.05) is 53.4 Å². The SMILES string of the molecule is O=C1C[C@@H](C(=O)NCc2ccc(Nc3ccc(N4CCC(C(F)(F)F)CC4)cc3)cc2)CN1. The standard InChI is InChI=1S/C24H27F3N4O2/c25-24(26,27)18-9-11-31(12-10-18)21-7-5-20(6-8-21)30-19-3-1-16(2-4-19)14-29-23(33)17-13-22(32)28-15-17/h1-8,17-18,30H,9-15H2,(H,28,32)(H,29,33)/t17-/m1/s1. The molecule has 2 fully saturated rings. The van der Waals surface area contributed by atoms with Crippen LogP contribution in [0.25, 0.3) is 0 Å². The highest BCUT2D eigenvalue weighted by Crippen LogP contribution is 2.35. The van der Waals surface area contributed by atoms with Crippen LogP contribution in [0.2, 0.25) is 0 Å². The third-order valence-electron chi connectivity index (χ3n) is 6.25. The summed E-state index contributed by atoms with van der Waals surface area (Å²) in [5, 5.41) is 8.82. The molecule has 0 saturated carbocycles. The Hall–Kier alpha value is -3.23.